The Morgan fingerprint density at radius 2 is 1.81 bits per heavy atom. The highest BCUT2D eigenvalue weighted by Crippen LogP contribution is 2.19. The molecule has 0 saturated heterocycles. The molecule has 1 amide bonds. The van der Waals surface area contributed by atoms with E-state index < -0.39 is 0 Å². The smallest absolute Gasteiger partial charge is 0.230 e. The van der Waals surface area contributed by atoms with E-state index in [0.717, 1.165) is 5.75 Å². The van der Waals surface area contributed by atoms with Crippen LogP contribution < -0.4 is 9.64 Å². The van der Waals surface area contributed by atoms with E-state index in [-0.39, 0.29) is 12.3 Å². The first-order chi connectivity index (χ1) is 10.2. The second-order valence-corrected chi connectivity index (χ2v) is 4.49. The quantitative estimate of drug-likeness (QED) is 0.846. The number of ether oxygens (including phenoxy) is 1. The SMILES string of the molecule is CN(C(=O)CCOc1ccccc1)c1ccccc1C#N. The second kappa shape index (κ2) is 7.11. The highest BCUT2D eigenvalue weighted by molar-refractivity contribution is 5.94. The van der Waals surface area contributed by atoms with Gasteiger partial charge in [0.05, 0.1) is 24.3 Å². The van der Waals surface area contributed by atoms with Crippen LogP contribution in [0.2, 0.25) is 0 Å². The molecule has 4 heteroatoms. The third kappa shape index (κ3) is 3.83. The first-order valence-electron chi connectivity index (χ1n) is 6.66. The lowest BCUT2D eigenvalue weighted by molar-refractivity contribution is -0.118. The molecule has 2 aromatic rings. The molecule has 0 aliphatic carbocycles. The van der Waals surface area contributed by atoms with Gasteiger partial charge in [0.25, 0.3) is 0 Å². The molecular weight excluding hydrogens is 264 g/mol. The highest BCUT2D eigenvalue weighted by Gasteiger charge is 2.14. The van der Waals surface area contributed by atoms with Gasteiger partial charge in [-0.3, -0.25) is 4.79 Å². The van der Waals surface area contributed by atoms with Crippen LogP contribution in [-0.2, 0) is 4.79 Å². The van der Waals surface area contributed by atoms with Gasteiger partial charge in [-0.1, -0.05) is 30.3 Å². The molecule has 0 atom stereocenters. The molecule has 4 nitrogen and oxygen atoms in total. The fourth-order valence-corrected chi connectivity index (χ4v) is 1.94. The van der Waals surface area contributed by atoms with Crippen LogP contribution in [0.25, 0.3) is 0 Å². The van der Waals surface area contributed by atoms with Crippen molar-refractivity contribution in [2.75, 3.05) is 18.6 Å². The van der Waals surface area contributed by atoms with E-state index in [0.29, 0.717) is 17.9 Å². The van der Waals surface area contributed by atoms with Crippen molar-refractivity contribution in [3.63, 3.8) is 0 Å². The van der Waals surface area contributed by atoms with Crippen LogP contribution in [0.15, 0.2) is 54.6 Å². The third-order valence-electron chi connectivity index (χ3n) is 3.09. The summed E-state index contributed by atoms with van der Waals surface area (Å²) in [6.07, 6.45) is 0.255. The van der Waals surface area contributed by atoms with Crippen molar-refractivity contribution in [3.05, 3.63) is 60.2 Å². The summed E-state index contributed by atoms with van der Waals surface area (Å²) in [6.45, 7) is 0.307. The van der Waals surface area contributed by atoms with Crippen LogP contribution in [0.4, 0.5) is 5.69 Å². The Labute approximate surface area is 124 Å². The number of carbonyl (C=O) groups is 1. The zero-order chi connectivity index (χ0) is 15.1. The average molecular weight is 280 g/mol. The Hall–Kier alpha value is -2.80. The van der Waals surface area contributed by atoms with E-state index in [9.17, 15) is 4.79 Å². The summed E-state index contributed by atoms with van der Waals surface area (Å²) >= 11 is 0. The first kappa shape index (κ1) is 14.6. The minimum atomic E-state index is -0.0892. The first-order valence-corrected chi connectivity index (χ1v) is 6.66. The Bertz CT molecular complexity index is 647. The molecule has 2 aromatic carbocycles. The Balaban J connectivity index is 1.93. The number of anilines is 1. The van der Waals surface area contributed by atoms with E-state index in [1.165, 1.54) is 4.90 Å². The number of nitrogens with zero attached hydrogens (tertiary/aromatic N) is 2. The van der Waals surface area contributed by atoms with Gasteiger partial charge in [-0.2, -0.15) is 5.26 Å². The van der Waals surface area contributed by atoms with E-state index in [1.807, 2.05) is 30.3 Å². The van der Waals surface area contributed by atoms with Gasteiger partial charge in [0.1, 0.15) is 11.8 Å². The Kier molecular flexibility index (Phi) is 4.94. The minimum Gasteiger partial charge on any atom is -0.493 e. The van der Waals surface area contributed by atoms with E-state index >= 15 is 0 Å². The number of carbonyl (C=O) groups excluding carboxylic acids is 1. The Morgan fingerprint density at radius 3 is 2.52 bits per heavy atom. The molecule has 0 unspecified atom stereocenters. The standard InChI is InChI=1S/C17H16N2O2/c1-19(16-10-6-5-7-14(16)13-18)17(20)11-12-21-15-8-3-2-4-9-15/h2-10H,11-12H2,1H3. The number of amides is 1. The molecule has 0 aliphatic rings. The maximum Gasteiger partial charge on any atom is 0.230 e. The van der Waals surface area contributed by atoms with Gasteiger partial charge in [-0.15, -0.1) is 0 Å². The summed E-state index contributed by atoms with van der Waals surface area (Å²) in [4.78, 5) is 13.6. The molecule has 106 valence electrons. The van der Waals surface area contributed by atoms with Crippen molar-refractivity contribution in [1.82, 2.24) is 0 Å². The van der Waals surface area contributed by atoms with Crippen LogP contribution in [0.5, 0.6) is 5.75 Å². The number of hydrogen-bond donors (Lipinski definition) is 0. The van der Waals surface area contributed by atoms with Gasteiger partial charge in [-0.05, 0) is 24.3 Å². The lowest BCUT2D eigenvalue weighted by atomic mass is 10.2. The lowest BCUT2D eigenvalue weighted by Gasteiger charge is -2.18. The number of para-hydroxylation sites is 2. The zero-order valence-corrected chi connectivity index (χ0v) is 11.8. The molecule has 0 saturated carbocycles. The van der Waals surface area contributed by atoms with Gasteiger partial charge in [0.2, 0.25) is 5.91 Å². The van der Waals surface area contributed by atoms with Crippen molar-refractivity contribution < 1.29 is 9.53 Å². The molecule has 0 radical (unpaired) electrons. The molecule has 0 spiro atoms. The van der Waals surface area contributed by atoms with Crippen molar-refractivity contribution in [1.29, 1.82) is 5.26 Å². The normalized spacial score (nSPS) is 9.71. The number of benzene rings is 2. The third-order valence-corrected chi connectivity index (χ3v) is 3.09. The topological polar surface area (TPSA) is 53.3 Å². The van der Waals surface area contributed by atoms with Crippen LogP contribution in [-0.4, -0.2) is 19.6 Å². The second-order valence-electron chi connectivity index (χ2n) is 4.49. The van der Waals surface area contributed by atoms with Crippen molar-refractivity contribution in [2.45, 2.75) is 6.42 Å². The van der Waals surface area contributed by atoms with Crippen LogP contribution >= 0.6 is 0 Å². The molecule has 0 aromatic heterocycles. The molecule has 0 heterocycles. The molecule has 2 rings (SSSR count). The van der Waals surface area contributed by atoms with Gasteiger partial charge in [0, 0.05) is 7.05 Å². The summed E-state index contributed by atoms with van der Waals surface area (Å²) in [7, 11) is 1.67. The fraction of sp³-hybridized carbons (Fsp3) is 0.176. The Morgan fingerprint density at radius 1 is 1.14 bits per heavy atom. The molecule has 0 N–H and O–H groups in total. The number of nitriles is 1. The molecule has 0 bridgehead atoms. The van der Waals surface area contributed by atoms with Crippen LogP contribution in [0.1, 0.15) is 12.0 Å². The number of hydrogen-bond acceptors (Lipinski definition) is 3. The van der Waals surface area contributed by atoms with Crippen molar-refractivity contribution >= 4 is 11.6 Å². The maximum absolute atomic E-state index is 12.1. The van der Waals surface area contributed by atoms with Crippen molar-refractivity contribution in [2.24, 2.45) is 0 Å². The summed E-state index contributed by atoms with van der Waals surface area (Å²) in [6, 6.07) is 18.5. The van der Waals surface area contributed by atoms with Gasteiger partial charge < -0.3 is 9.64 Å². The fourth-order valence-electron chi connectivity index (χ4n) is 1.94. The average Bonchev–Trinajstić information content (AvgIpc) is 2.55. The highest BCUT2D eigenvalue weighted by atomic mass is 16.5. The van der Waals surface area contributed by atoms with Crippen LogP contribution in [0.3, 0.4) is 0 Å². The molecule has 0 fully saturated rings. The largest absolute Gasteiger partial charge is 0.493 e. The zero-order valence-electron chi connectivity index (χ0n) is 11.8. The lowest BCUT2D eigenvalue weighted by Crippen LogP contribution is -2.28. The van der Waals surface area contributed by atoms with E-state index in [1.54, 1.807) is 31.3 Å². The molecule has 0 aliphatic heterocycles. The van der Waals surface area contributed by atoms with E-state index in [2.05, 4.69) is 6.07 Å². The van der Waals surface area contributed by atoms with Crippen molar-refractivity contribution in [3.8, 4) is 11.8 Å². The number of rotatable bonds is 5. The predicted molar refractivity (Wildman–Crippen MR) is 81.1 cm³/mol. The predicted octanol–water partition coefficient (Wildman–Crippen LogP) is 2.99. The summed E-state index contributed by atoms with van der Waals surface area (Å²) in [5.41, 5.74) is 1.10. The monoisotopic (exact) mass is 280 g/mol. The van der Waals surface area contributed by atoms with Gasteiger partial charge >= 0.3 is 0 Å². The molecular formula is C17H16N2O2. The maximum atomic E-state index is 12.1. The van der Waals surface area contributed by atoms with Gasteiger partial charge in [-0.25, -0.2) is 0 Å². The van der Waals surface area contributed by atoms with Gasteiger partial charge in [0.15, 0.2) is 0 Å². The minimum absolute atomic E-state index is 0.0892. The van der Waals surface area contributed by atoms with E-state index in [4.69, 9.17) is 10.00 Å². The molecule has 21 heavy (non-hydrogen) atoms. The summed E-state index contributed by atoms with van der Waals surface area (Å²) in [5.74, 6) is 0.652. The summed E-state index contributed by atoms with van der Waals surface area (Å²) in [5, 5.41) is 9.06. The summed E-state index contributed by atoms with van der Waals surface area (Å²) < 4.78 is 5.51. The van der Waals surface area contributed by atoms with Crippen LogP contribution in [0, 0.1) is 11.3 Å².